The fourth-order valence-electron chi connectivity index (χ4n) is 3.27. The molecule has 1 aliphatic rings. The van der Waals surface area contributed by atoms with Gasteiger partial charge in [-0.25, -0.2) is 0 Å². The summed E-state index contributed by atoms with van der Waals surface area (Å²) in [6.07, 6.45) is 5.91. The van der Waals surface area contributed by atoms with Crippen molar-refractivity contribution < 1.29 is 9.26 Å². The molecule has 1 fully saturated rings. The van der Waals surface area contributed by atoms with Crippen LogP contribution in [-0.4, -0.2) is 22.2 Å². The highest BCUT2D eigenvalue weighted by Gasteiger charge is 2.41. The van der Waals surface area contributed by atoms with E-state index in [1.54, 1.807) is 13.3 Å². The lowest BCUT2D eigenvalue weighted by molar-refractivity contribution is -0.0342. The van der Waals surface area contributed by atoms with Crippen molar-refractivity contribution in [1.29, 1.82) is 0 Å². The van der Waals surface area contributed by atoms with Gasteiger partial charge in [-0.2, -0.15) is 4.98 Å². The van der Waals surface area contributed by atoms with E-state index >= 15 is 0 Å². The van der Waals surface area contributed by atoms with Crippen molar-refractivity contribution in [3.8, 4) is 11.4 Å². The minimum absolute atomic E-state index is 0.409. The summed E-state index contributed by atoms with van der Waals surface area (Å²) in [5.74, 6) is 1.18. The molecule has 1 saturated carbocycles. The van der Waals surface area contributed by atoms with Crippen LogP contribution in [0.2, 0.25) is 0 Å². The third kappa shape index (κ3) is 2.01. The Morgan fingerprint density at radius 1 is 1.14 bits per heavy atom. The molecular formula is C17H17N3O2. The number of nitrogens with zero attached hydrogens (tertiary/aromatic N) is 3. The van der Waals surface area contributed by atoms with E-state index in [-0.39, 0.29) is 0 Å². The van der Waals surface area contributed by atoms with Crippen molar-refractivity contribution in [1.82, 2.24) is 15.1 Å². The quantitative estimate of drug-likeness (QED) is 0.737. The Kier molecular flexibility index (Phi) is 3.15. The Morgan fingerprint density at radius 3 is 2.82 bits per heavy atom. The predicted octanol–water partition coefficient (Wildman–Crippen LogP) is 3.70. The molecule has 5 heteroatoms. The lowest BCUT2D eigenvalue weighted by Gasteiger charge is -2.22. The zero-order chi connectivity index (χ0) is 15.0. The van der Waals surface area contributed by atoms with Crippen molar-refractivity contribution in [2.45, 2.75) is 31.3 Å². The van der Waals surface area contributed by atoms with Crippen molar-refractivity contribution in [2.24, 2.45) is 0 Å². The van der Waals surface area contributed by atoms with Gasteiger partial charge in [-0.1, -0.05) is 23.4 Å². The van der Waals surface area contributed by atoms with Crippen molar-refractivity contribution in [3.63, 3.8) is 0 Å². The van der Waals surface area contributed by atoms with Gasteiger partial charge in [0.05, 0.1) is 5.52 Å². The molecule has 0 bridgehead atoms. The molecule has 0 unspecified atom stereocenters. The molecule has 1 aliphatic carbocycles. The second-order valence-corrected chi connectivity index (χ2v) is 5.70. The number of hydrogen-bond donors (Lipinski definition) is 0. The Labute approximate surface area is 128 Å². The van der Waals surface area contributed by atoms with E-state index in [0.29, 0.717) is 11.7 Å². The van der Waals surface area contributed by atoms with Gasteiger partial charge in [0.1, 0.15) is 5.60 Å². The summed E-state index contributed by atoms with van der Waals surface area (Å²) < 4.78 is 11.3. The van der Waals surface area contributed by atoms with Crippen LogP contribution >= 0.6 is 0 Å². The minimum atomic E-state index is -0.409. The molecule has 0 aliphatic heterocycles. The maximum atomic E-state index is 5.71. The van der Waals surface area contributed by atoms with E-state index in [1.165, 1.54) is 0 Å². The molecule has 3 aromatic rings. The van der Waals surface area contributed by atoms with Crippen LogP contribution in [0, 0.1) is 0 Å². The molecular weight excluding hydrogens is 278 g/mol. The lowest BCUT2D eigenvalue weighted by atomic mass is 10.0. The van der Waals surface area contributed by atoms with E-state index in [9.17, 15) is 0 Å². The standard InChI is InChI=1S/C17H17N3O2/c1-21-17(9-2-3-10-17)16-19-15(20-22-16)13-6-4-8-14-12(13)7-5-11-18-14/h4-8,11H,2-3,9-10H2,1H3. The Balaban J connectivity index is 1.81. The topological polar surface area (TPSA) is 61.0 Å². The third-order valence-corrected chi connectivity index (χ3v) is 4.50. The van der Waals surface area contributed by atoms with E-state index < -0.39 is 5.60 Å². The van der Waals surface area contributed by atoms with Crippen LogP contribution < -0.4 is 0 Å². The summed E-state index contributed by atoms with van der Waals surface area (Å²) in [6.45, 7) is 0. The fraction of sp³-hybridized carbons (Fsp3) is 0.353. The van der Waals surface area contributed by atoms with Crippen molar-refractivity contribution >= 4 is 10.9 Å². The van der Waals surface area contributed by atoms with Crippen LogP contribution in [0.3, 0.4) is 0 Å². The van der Waals surface area contributed by atoms with Gasteiger partial charge in [0.15, 0.2) is 0 Å². The molecule has 4 rings (SSSR count). The van der Waals surface area contributed by atoms with Gasteiger partial charge in [0.25, 0.3) is 5.89 Å². The fourth-order valence-corrected chi connectivity index (χ4v) is 3.27. The normalized spacial score (nSPS) is 17.1. The van der Waals surface area contributed by atoms with Gasteiger partial charge in [0.2, 0.25) is 5.82 Å². The maximum absolute atomic E-state index is 5.71. The summed E-state index contributed by atoms with van der Waals surface area (Å²) in [5.41, 5.74) is 1.45. The first-order chi connectivity index (χ1) is 10.8. The van der Waals surface area contributed by atoms with Crippen LogP contribution in [0.4, 0.5) is 0 Å². The molecule has 0 atom stereocenters. The average Bonchev–Trinajstić information content (AvgIpc) is 3.24. The monoisotopic (exact) mass is 295 g/mol. The highest BCUT2D eigenvalue weighted by Crippen LogP contribution is 2.41. The van der Waals surface area contributed by atoms with Gasteiger partial charge in [-0.05, 0) is 37.8 Å². The molecule has 22 heavy (non-hydrogen) atoms. The van der Waals surface area contributed by atoms with Gasteiger partial charge in [0, 0.05) is 24.3 Å². The summed E-state index contributed by atoms with van der Waals surface area (Å²) in [4.78, 5) is 9.00. The molecule has 112 valence electrons. The first-order valence-corrected chi connectivity index (χ1v) is 7.56. The molecule has 0 spiro atoms. The number of methoxy groups -OCH3 is 1. The second-order valence-electron chi connectivity index (χ2n) is 5.70. The van der Waals surface area contributed by atoms with Crippen LogP contribution in [0.1, 0.15) is 31.6 Å². The molecule has 0 amide bonds. The van der Waals surface area contributed by atoms with Gasteiger partial charge in [-0.3, -0.25) is 4.98 Å². The largest absolute Gasteiger partial charge is 0.368 e. The summed E-state index contributed by atoms with van der Waals surface area (Å²) in [6, 6.07) is 9.87. The number of fused-ring (bicyclic) bond motifs is 1. The number of rotatable bonds is 3. The van der Waals surface area contributed by atoms with E-state index in [0.717, 1.165) is 42.1 Å². The number of benzene rings is 1. The lowest BCUT2D eigenvalue weighted by Crippen LogP contribution is -2.24. The summed E-state index contributed by atoms with van der Waals surface area (Å²) in [7, 11) is 1.72. The molecule has 1 aromatic carbocycles. The Morgan fingerprint density at radius 2 is 2.00 bits per heavy atom. The van der Waals surface area contributed by atoms with Crippen LogP contribution in [0.5, 0.6) is 0 Å². The maximum Gasteiger partial charge on any atom is 0.259 e. The number of pyridine rings is 1. The van der Waals surface area contributed by atoms with E-state index in [4.69, 9.17) is 9.26 Å². The van der Waals surface area contributed by atoms with Gasteiger partial charge >= 0.3 is 0 Å². The summed E-state index contributed by atoms with van der Waals surface area (Å²) >= 11 is 0. The summed E-state index contributed by atoms with van der Waals surface area (Å²) in [5, 5.41) is 5.20. The van der Waals surface area contributed by atoms with Crippen LogP contribution in [0.15, 0.2) is 41.1 Å². The minimum Gasteiger partial charge on any atom is -0.368 e. The van der Waals surface area contributed by atoms with Crippen molar-refractivity contribution in [3.05, 3.63) is 42.4 Å². The first-order valence-electron chi connectivity index (χ1n) is 7.56. The molecule has 0 N–H and O–H groups in total. The van der Waals surface area contributed by atoms with E-state index in [1.807, 2.05) is 30.3 Å². The zero-order valence-corrected chi connectivity index (χ0v) is 12.5. The zero-order valence-electron chi connectivity index (χ0n) is 12.5. The second kappa shape index (κ2) is 5.18. The smallest absolute Gasteiger partial charge is 0.259 e. The Bertz CT molecular complexity index is 801. The number of aromatic nitrogens is 3. The van der Waals surface area contributed by atoms with Crippen LogP contribution in [0.25, 0.3) is 22.3 Å². The van der Waals surface area contributed by atoms with Crippen molar-refractivity contribution in [2.75, 3.05) is 7.11 Å². The highest BCUT2D eigenvalue weighted by molar-refractivity contribution is 5.92. The SMILES string of the molecule is COC1(c2nc(-c3cccc4ncccc34)no2)CCCC1. The van der Waals surface area contributed by atoms with Crippen LogP contribution in [-0.2, 0) is 10.3 Å². The first kappa shape index (κ1) is 13.4. The average molecular weight is 295 g/mol. The molecule has 0 saturated heterocycles. The van der Waals surface area contributed by atoms with Gasteiger partial charge < -0.3 is 9.26 Å². The molecule has 2 aromatic heterocycles. The molecule has 2 heterocycles. The number of hydrogen-bond acceptors (Lipinski definition) is 5. The Hall–Kier alpha value is -2.27. The van der Waals surface area contributed by atoms with E-state index in [2.05, 4.69) is 15.1 Å². The molecule has 5 nitrogen and oxygen atoms in total. The third-order valence-electron chi connectivity index (χ3n) is 4.50. The number of ether oxygens (including phenoxy) is 1. The predicted molar refractivity (Wildman–Crippen MR) is 82.2 cm³/mol. The highest BCUT2D eigenvalue weighted by atomic mass is 16.5. The molecule has 0 radical (unpaired) electrons. The van der Waals surface area contributed by atoms with Gasteiger partial charge in [-0.15, -0.1) is 0 Å².